The molecule has 0 N–H and O–H groups in total. The second-order valence-corrected chi connectivity index (χ2v) is 8.87. The summed E-state index contributed by atoms with van der Waals surface area (Å²) in [5.41, 5.74) is 1.11. The van der Waals surface area contributed by atoms with Crippen LogP contribution in [0.3, 0.4) is 0 Å². The Kier molecular flexibility index (Phi) is 9.92. The molecule has 5 nitrogen and oxygen atoms in total. The molecule has 34 heavy (non-hydrogen) atoms. The van der Waals surface area contributed by atoms with Crippen LogP contribution in [0.15, 0.2) is 93.8 Å². The number of carbonyl (C=O) groups is 2. The number of oxime groups is 1. The Morgan fingerprint density at radius 2 is 1.44 bits per heavy atom. The van der Waals surface area contributed by atoms with Crippen LogP contribution in [0.25, 0.3) is 0 Å². The molecule has 0 saturated carbocycles. The first-order valence-corrected chi connectivity index (χ1v) is 12.2. The monoisotopic (exact) mass is 475 g/mol. The fourth-order valence-corrected chi connectivity index (χ4v) is 4.10. The molecule has 0 spiro atoms. The van der Waals surface area contributed by atoms with E-state index in [4.69, 9.17) is 9.57 Å². The third-order valence-electron chi connectivity index (χ3n) is 5.19. The quantitative estimate of drug-likeness (QED) is 0.0910. The molecule has 0 aliphatic rings. The van der Waals surface area contributed by atoms with Crippen LogP contribution in [0.2, 0.25) is 0 Å². The Labute approximate surface area is 205 Å². The summed E-state index contributed by atoms with van der Waals surface area (Å²) in [6.45, 7) is 2.13. The molecule has 0 saturated heterocycles. The van der Waals surface area contributed by atoms with E-state index in [1.165, 1.54) is 0 Å². The van der Waals surface area contributed by atoms with E-state index in [1.807, 2.05) is 42.5 Å². The van der Waals surface area contributed by atoms with Gasteiger partial charge in [0.2, 0.25) is 5.78 Å². The SMILES string of the molecule is CCCCCC/C(=N\OC(=O)c1ccc(OC)cc1)C(=O)c1ccc(Sc2ccccc2)cc1. The predicted octanol–water partition coefficient (Wildman–Crippen LogP) is 7.21. The van der Waals surface area contributed by atoms with Crippen molar-refractivity contribution in [3.8, 4) is 5.75 Å². The second kappa shape index (κ2) is 13.4. The van der Waals surface area contributed by atoms with Gasteiger partial charge >= 0.3 is 5.97 Å². The van der Waals surface area contributed by atoms with E-state index in [9.17, 15) is 9.59 Å². The van der Waals surface area contributed by atoms with Crippen molar-refractivity contribution in [3.05, 3.63) is 90.0 Å². The van der Waals surface area contributed by atoms with Gasteiger partial charge in [-0.05, 0) is 73.5 Å². The first kappa shape index (κ1) is 25.2. The van der Waals surface area contributed by atoms with Gasteiger partial charge in [-0.25, -0.2) is 4.79 Å². The topological polar surface area (TPSA) is 65.0 Å². The summed E-state index contributed by atoms with van der Waals surface area (Å²) in [6.07, 6.45) is 4.42. The van der Waals surface area contributed by atoms with Crippen molar-refractivity contribution >= 4 is 29.2 Å². The maximum Gasteiger partial charge on any atom is 0.365 e. The molecule has 0 aliphatic carbocycles. The normalized spacial score (nSPS) is 11.2. The average Bonchev–Trinajstić information content (AvgIpc) is 2.89. The zero-order valence-electron chi connectivity index (χ0n) is 19.5. The standard InChI is InChI=1S/C28H29NO4S/c1-3-4-5-9-12-26(29-33-28(31)22-13-17-23(32-2)18-14-22)27(30)21-15-19-25(20-16-21)34-24-10-7-6-8-11-24/h6-8,10-11,13-20H,3-5,9,12H2,1-2H3/b29-26+. The molecule has 0 aliphatic heterocycles. The van der Waals surface area contributed by atoms with E-state index >= 15 is 0 Å². The van der Waals surface area contributed by atoms with Crippen LogP contribution in [-0.4, -0.2) is 24.6 Å². The third kappa shape index (κ3) is 7.59. The molecule has 6 heteroatoms. The summed E-state index contributed by atoms with van der Waals surface area (Å²) in [5, 5.41) is 3.99. The minimum atomic E-state index is -0.615. The van der Waals surface area contributed by atoms with E-state index in [1.54, 1.807) is 55.3 Å². The number of nitrogens with zero attached hydrogens (tertiary/aromatic N) is 1. The number of hydrogen-bond acceptors (Lipinski definition) is 6. The first-order valence-electron chi connectivity index (χ1n) is 11.4. The van der Waals surface area contributed by atoms with E-state index < -0.39 is 5.97 Å². The molecule has 3 rings (SSSR count). The van der Waals surface area contributed by atoms with E-state index in [2.05, 4.69) is 12.1 Å². The highest BCUT2D eigenvalue weighted by atomic mass is 32.2. The minimum Gasteiger partial charge on any atom is -0.497 e. The predicted molar refractivity (Wildman–Crippen MR) is 136 cm³/mol. The molecule has 0 radical (unpaired) electrons. The molecule has 0 amide bonds. The zero-order chi connectivity index (χ0) is 24.2. The summed E-state index contributed by atoms with van der Waals surface area (Å²) in [7, 11) is 1.56. The highest BCUT2D eigenvalue weighted by Crippen LogP contribution is 2.27. The number of methoxy groups -OCH3 is 1. The lowest BCUT2D eigenvalue weighted by molar-refractivity contribution is 0.0514. The van der Waals surface area contributed by atoms with Crippen LogP contribution >= 0.6 is 11.8 Å². The Morgan fingerprint density at radius 3 is 2.09 bits per heavy atom. The number of carbonyl (C=O) groups excluding carboxylic acids is 2. The Hall–Kier alpha value is -3.38. The number of unbranched alkanes of at least 4 members (excludes halogenated alkanes) is 3. The first-order chi connectivity index (χ1) is 16.6. The maximum atomic E-state index is 13.2. The van der Waals surface area contributed by atoms with Crippen molar-refractivity contribution in [2.24, 2.45) is 5.16 Å². The largest absolute Gasteiger partial charge is 0.497 e. The number of ketones is 1. The van der Waals surface area contributed by atoms with E-state index in [0.29, 0.717) is 23.3 Å². The van der Waals surface area contributed by atoms with Crippen LogP contribution in [0.5, 0.6) is 5.75 Å². The van der Waals surface area contributed by atoms with Crippen molar-refractivity contribution in [3.63, 3.8) is 0 Å². The van der Waals surface area contributed by atoms with Crippen molar-refractivity contribution < 1.29 is 19.2 Å². The van der Waals surface area contributed by atoms with Crippen LogP contribution in [0.4, 0.5) is 0 Å². The highest BCUT2D eigenvalue weighted by molar-refractivity contribution is 7.99. The fraction of sp³-hybridized carbons (Fsp3) is 0.250. The molecule has 0 fully saturated rings. The summed E-state index contributed by atoms with van der Waals surface area (Å²) in [6, 6.07) is 24.0. The van der Waals surface area contributed by atoms with Crippen LogP contribution in [0.1, 0.15) is 59.7 Å². The van der Waals surface area contributed by atoms with Crippen LogP contribution in [-0.2, 0) is 4.84 Å². The van der Waals surface area contributed by atoms with Crippen molar-refractivity contribution in [2.75, 3.05) is 7.11 Å². The van der Waals surface area contributed by atoms with Gasteiger partial charge in [-0.15, -0.1) is 0 Å². The third-order valence-corrected chi connectivity index (χ3v) is 6.20. The van der Waals surface area contributed by atoms with Crippen LogP contribution in [0, 0.1) is 0 Å². The van der Waals surface area contributed by atoms with Gasteiger partial charge in [-0.3, -0.25) is 4.79 Å². The number of rotatable bonds is 12. The smallest absolute Gasteiger partial charge is 0.365 e. The van der Waals surface area contributed by atoms with Gasteiger partial charge in [0.1, 0.15) is 11.5 Å². The molecule has 0 bridgehead atoms. The van der Waals surface area contributed by atoms with Gasteiger partial charge in [0, 0.05) is 15.4 Å². The summed E-state index contributed by atoms with van der Waals surface area (Å²) >= 11 is 1.63. The van der Waals surface area contributed by atoms with Crippen molar-refractivity contribution in [1.82, 2.24) is 0 Å². The van der Waals surface area contributed by atoms with Crippen molar-refractivity contribution in [1.29, 1.82) is 0 Å². The minimum absolute atomic E-state index is 0.227. The van der Waals surface area contributed by atoms with Crippen molar-refractivity contribution in [2.45, 2.75) is 48.8 Å². The summed E-state index contributed by atoms with van der Waals surface area (Å²) in [4.78, 5) is 32.9. The molecule has 0 atom stereocenters. The average molecular weight is 476 g/mol. The molecule has 3 aromatic carbocycles. The maximum absolute atomic E-state index is 13.2. The number of Topliss-reactive ketones (excluding diaryl/α,β-unsaturated/α-hetero) is 1. The number of hydrogen-bond donors (Lipinski definition) is 0. The second-order valence-electron chi connectivity index (χ2n) is 7.72. The van der Waals surface area contributed by atoms with E-state index in [0.717, 1.165) is 35.5 Å². The summed E-state index contributed by atoms with van der Waals surface area (Å²) < 4.78 is 5.11. The molecule has 0 aromatic heterocycles. The molecule has 3 aromatic rings. The lowest BCUT2D eigenvalue weighted by Gasteiger charge is -2.07. The molecular weight excluding hydrogens is 446 g/mol. The number of benzene rings is 3. The Morgan fingerprint density at radius 1 is 0.794 bits per heavy atom. The Bertz CT molecular complexity index is 1090. The van der Waals surface area contributed by atoms with Gasteiger partial charge < -0.3 is 9.57 Å². The van der Waals surface area contributed by atoms with Crippen LogP contribution < -0.4 is 4.74 Å². The molecular formula is C28H29NO4S. The fourth-order valence-electron chi connectivity index (χ4n) is 3.26. The Balaban J connectivity index is 1.71. The van der Waals surface area contributed by atoms with Gasteiger partial charge in [0.15, 0.2) is 0 Å². The van der Waals surface area contributed by atoms with E-state index in [-0.39, 0.29) is 11.5 Å². The van der Waals surface area contributed by atoms with Gasteiger partial charge in [0.05, 0.1) is 12.7 Å². The zero-order valence-corrected chi connectivity index (χ0v) is 20.3. The lowest BCUT2D eigenvalue weighted by atomic mass is 10.0. The number of ether oxygens (including phenoxy) is 1. The lowest BCUT2D eigenvalue weighted by Crippen LogP contribution is -2.16. The molecule has 0 heterocycles. The summed E-state index contributed by atoms with van der Waals surface area (Å²) in [5.74, 6) is -0.202. The molecule has 176 valence electrons. The van der Waals surface area contributed by atoms with Gasteiger partial charge in [-0.2, -0.15) is 0 Å². The molecule has 0 unspecified atom stereocenters. The highest BCUT2D eigenvalue weighted by Gasteiger charge is 2.17. The van der Waals surface area contributed by atoms with Gasteiger partial charge in [0.25, 0.3) is 0 Å². The van der Waals surface area contributed by atoms with Gasteiger partial charge in [-0.1, -0.05) is 61.3 Å².